The summed E-state index contributed by atoms with van der Waals surface area (Å²) in [5, 5.41) is 67.0. The zero-order valence-electron chi connectivity index (χ0n) is 12.1. The van der Waals surface area contributed by atoms with Crippen molar-refractivity contribution in [2.45, 2.75) is 55.9 Å². The van der Waals surface area contributed by atoms with E-state index >= 15 is 0 Å². The van der Waals surface area contributed by atoms with E-state index in [0.29, 0.717) is 12.8 Å². The van der Waals surface area contributed by atoms with Crippen LogP contribution in [0.3, 0.4) is 0 Å². The Kier molecular flexibility index (Phi) is 10.4. The normalized spacial score (nSPS) is 20.0. The van der Waals surface area contributed by atoms with Gasteiger partial charge >= 0.3 is 5.97 Å². The summed E-state index contributed by atoms with van der Waals surface area (Å²) >= 11 is 0. The monoisotopic (exact) mass is 326 g/mol. The lowest BCUT2D eigenvalue weighted by molar-refractivity contribution is -0.145. The van der Waals surface area contributed by atoms with E-state index < -0.39 is 49.3 Å². The molecule has 2 unspecified atom stereocenters. The quantitative estimate of drug-likeness (QED) is 0.125. The molecular formula is C12H26N2O8. The number of carboxylic acid groups (broad SMARTS) is 1. The lowest BCUT2D eigenvalue weighted by Gasteiger charge is -2.28. The van der Waals surface area contributed by atoms with Crippen molar-refractivity contribution in [3.63, 3.8) is 0 Å². The summed E-state index contributed by atoms with van der Waals surface area (Å²) < 4.78 is 0. The van der Waals surface area contributed by atoms with Crippen molar-refractivity contribution in [1.82, 2.24) is 5.32 Å². The van der Waals surface area contributed by atoms with E-state index in [1.54, 1.807) is 0 Å². The largest absolute Gasteiger partial charge is 0.480 e. The molecule has 10 nitrogen and oxygen atoms in total. The summed E-state index contributed by atoms with van der Waals surface area (Å²) in [7, 11) is 0. The summed E-state index contributed by atoms with van der Waals surface area (Å²) in [5.41, 5.74) is 5.31. The first-order chi connectivity index (χ1) is 10.2. The number of carboxylic acids is 1. The highest BCUT2D eigenvalue weighted by molar-refractivity contribution is 5.72. The van der Waals surface area contributed by atoms with Gasteiger partial charge in [0.1, 0.15) is 36.7 Å². The third kappa shape index (κ3) is 7.42. The Hall–Kier alpha value is -0.850. The molecular weight excluding hydrogens is 300 g/mol. The zero-order chi connectivity index (χ0) is 17.3. The molecule has 0 spiro atoms. The molecule has 0 rings (SSSR count). The van der Waals surface area contributed by atoms with Crippen LogP contribution in [0.2, 0.25) is 0 Å². The Morgan fingerprint density at radius 1 is 1.00 bits per heavy atom. The van der Waals surface area contributed by atoms with Crippen LogP contribution in [0.4, 0.5) is 0 Å². The van der Waals surface area contributed by atoms with Crippen LogP contribution in [-0.4, -0.2) is 91.6 Å². The number of carbonyl (C=O) groups is 1. The number of aliphatic carboxylic acids is 1. The van der Waals surface area contributed by atoms with Crippen LogP contribution in [0.1, 0.15) is 19.3 Å². The fourth-order valence-corrected chi connectivity index (χ4v) is 1.71. The Balaban J connectivity index is 4.00. The maximum atomic E-state index is 10.5. The van der Waals surface area contributed by atoms with Crippen LogP contribution in [0.15, 0.2) is 0 Å². The van der Waals surface area contributed by atoms with Crippen molar-refractivity contribution in [2.75, 3.05) is 13.2 Å². The average molecular weight is 326 g/mol. The van der Waals surface area contributed by atoms with E-state index in [0.717, 1.165) is 0 Å². The number of hydrogen-bond acceptors (Lipinski definition) is 9. The molecule has 0 aromatic rings. The van der Waals surface area contributed by atoms with Crippen molar-refractivity contribution in [1.29, 1.82) is 0 Å². The molecule has 0 heterocycles. The second-order valence-corrected chi connectivity index (χ2v) is 5.06. The molecule has 22 heavy (non-hydrogen) atoms. The molecule has 10 N–H and O–H groups in total. The molecule has 0 saturated heterocycles. The average Bonchev–Trinajstić information content (AvgIpc) is 2.50. The summed E-state index contributed by atoms with van der Waals surface area (Å²) in [6.45, 7) is -0.589. The first-order valence-electron chi connectivity index (χ1n) is 6.95. The lowest BCUT2D eigenvalue weighted by Crippen LogP contribution is -2.53. The molecule has 0 aromatic heterocycles. The SMILES string of the molecule is NC(CCCCNC(O)[C@@H](O)[C@H](O)[C@@H](O)[C@@H](O)CO)C(=O)O. The van der Waals surface area contributed by atoms with Gasteiger partial charge in [0, 0.05) is 0 Å². The highest BCUT2D eigenvalue weighted by Gasteiger charge is 2.33. The molecule has 0 fully saturated rings. The number of rotatable bonds is 12. The minimum absolute atomic E-state index is 0.218. The minimum atomic E-state index is -1.86. The summed E-state index contributed by atoms with van der Waals surface area (Å²) in [4.78, 5) is 10.5. The predicted octanol–water partition coefficient (Wildman–Crippen LogP) is -4.09. The fourth-order valence-electron chi connectivity index (χ4n) is 1.71. The van der Waals surface area contributed by atoms with E-state index in [1.165, 1.54) is 0 Å². The van der Waals surface area contributed by atoms with Gasteiger partial charge < -0.3 is 41.5 Å². The molecule has 6 atom stereocenters. The molecule has 0 amide bonds. The minimum Gasteiger partial charge on any atom is -0.480 e. The van der Waals surface area contributed by atoms with E-state index in [2.05, 4.69) is 5.32 Å². The Bertz CT molecular complexity index is 320. The van der Waals surface area contributed by atoms with Gasteiger partial charge in [-0.2, -0.15) is 0 Å². The smallest absolute Gasteiger partial charge is 0.320 e. The van der Waals surface area contributed by atoms with Gasteiger partial charge in [0.2, 0.25) is 0 Å². The molecule has 0 aliphatic rings. The van der Waals surface area contributed by atoms with E-state index in [1.807, 2.05) is 0 Å². The first kappa shape index (κ1) is 21.1. The molecule has 0 aliphatic carbocycles. The van der Waals surface area contributed by atoms with E-state index in [9.17, 15) is 25.2 Å². The second kappa shape index (κ2) is 10.8. The maximum absolute atomic E-state index is 10.5. The van der Waals surface area contributed by atoms with Crippen LogP contribution in [0.25, 0.3) is 0 Å². The van der Waals surface area contributed by atoms with Gasteiger partial charge in [-0.05, 0) is 19.4 Å². The van der Waals surface area contributed by atoms with Crippen molar-refractivity contribution in [2.24, 2.45) is 5.73 Å². The summed E-state index contributed by atoms with van der Waals surface area (Å²) in [6, 6.07) is -0.951. The van der Waals surface area contributed by atoms with Gasteiger partial charge in [0.25, 0.3) is 0 Å². The van der Waals surface area contributed by atoms with E-state index in [4.69, 9.17) is 21.1 Å². The van der Waals surface area contributed by atoms with Gasteiger partial charge in [-0.1, -0.05) is 6.42 Å². The van der Waals surface area contributed by atoms with E-state index in [-0.39, 0.29) is 13.0 Å². The highest BCUT2D eigenvalue weighted by Crippen LogP contribution is 2.07. The van der Waals surface area contributed by atoms with Crippen molar-refractivity contribution in [3.05, 3.63) is 0 Å². The summed E-state index contributed by atoms with van der Waals surface area (Å²) in [6.07, 6.45) is -7.44. The van der Waals surface area contributed by atoms with Crippen LogP contribution < -0.4 is 11.1 Å². The van der Waals surface area contributed by atoms with Gasteiger partial charge in [0.05, 0.1) is 6.61 Å². The van der Waals surface area contributed by atoms with Crippen molar-refractivity contribution >= 4 is 5.97 Å². The van der Waals surface area contributed by atoms with Gasteiger partial charge in [0.15, 0.2) is 0 Å². The predicted molar refractivity (Wildman–Crippen MR) is 74.6 cm³/mol. The van der Waals surface area contributed by atoms with Crippen molar-refractivity contribution in [3.8, 4) is 0 Å². The highest BCUT2D eigenvalue weighted by atomic mass is 16.4. The van der Waals surface area contributed by atoms with Crippen LogP contribution >= 0.6 is 0 Å². The number of nitrogens with one attached hydrogen (secondary N) is 1. The van der Waals surface area contributed by atoms with Crippen LogP contribution in [0.5, 0.6) is 0 Å². The standard InChI is InChI=1S/C12H26N2O8/c13-6(12(21)22)3-1-2-4-14-11(20)10(19)9(18)8(17)7(16)5-15/h6-11,14-20H,1-5,13H2,(H,21,22)/t6?,7-,8-,9+,10-,11?/m0/s1. The molecule has 0 aliphatic heterocycles. The number of hydrogen-bond donors (Lipinski definition) is 9. The number of unbranched alkanes of at least 4 members (excludes halogenated alkanes) is 1. The summed E-state index contributed by atoms with van der Waals surface area (Å²) in [5.74, 6) is -1.09. The second-order valence-electron chi connectivity index (χ2n) is 5.06. The molecule has 0 aromatic carbocycles. The first-order valence-corrected chi connectivity index (χ1v) is 6.95. The lowest BCUT2D eigenvalue weighted by atomic mass is 10.0. The van der Waals surface area contributed by atoms with Gasteiger partial charge in [-0.25, -0.2) is 0 Å². The third-order valence-corrected chi connectivity index (χ3v) is 3.22. The zero-order valence-corrected chi connectivity index (χ0v) is 12.1. The van der Waals surface area contributed by atoms with Gasteiger partial charge in [-0.3, -0.25) is 10.1 Å². The molecule has 132 valence electrons. The Morgan fingerprint density at radius 3 is 2.09 bits per heavy atom. The Labute approximate surface area is 127 Å². The van der Waals surface area contributed by atoms with Crippen LogP contribution in [0, 0.1) is 0 Å². The molecule has 10 heteroatoms. The molecule has 0 radical (unpaired) electrons. The topological polar surface area (TPSA) is 197 Å². The number of nitrogens with two attached hydrogens (primary N) is 1. The van der Waals surface area contributed by atoms with Crippen LogP contribution in [-0.2, 0) is 4.79 Å². The maximum Gasteiger partial charge on any atom is 0.320 e. The molecule has 0 saturated carbocycles. The Morgan fingerprint density at radius 2 is 1.59 bits per heavy atom. The number of aliphatic hydroxyl groups excluding tert-OH is 6. The fraction of sp³-hybridized carbons (Fsp3) is 0.917. The van der Waals surface area contributed by atoms with Gasteiger partial charge in [-0.15, -0.1) is 0 Å². The number of aliphatic hydroxyl groups is 6. The van der Waals surface area contributed by atoms with Crippen molar-refractivity contribution < 1.29 is 40.5 Å². The third-order valence-electron chi connectivity index (χ3n) is 3.22. The molecule has 0 bridgehead atoms.